The summed E-state index contributed by atoms with van der Waals surface area (Å²) in [5.74, 6) is 1.29. The molecule has 5 heteroatoms. The third kappa shape index (κ3) is 3.71. The Bertz CT molecular complexity index is 619. The summed E-state index contributed by atoms with van der Waals surface area (Å²) in [5, 5.41) is 0. The molecule has 0 unspecified atom stereocenters. The summed E-state index contributed by atoms with van der Waals surface area (Å²) < 4.78 is 5.62. The molecular formula is C19H26N2O3. The van der Waals surface area contributed by atoms with Gasteiger partial charge in [0.1, 0.15) is 5.75 Å². The Morgan fingerprint density at radius 1 is 1.12 bits per heavy atom. The van der Waals surface area contributed by atoms with Crippen LogP contribution in [0.1, 0.15) is 31.4 Å². The monoisotopic (exact) mass is 330 g/mol. The Labute approximate surface area is 143 Å². The van der Waals surface area contributed by atoms with Gasteiger partial charge in [0, 0.05) is 32.1 Å². The van der Waals surface area contributed by atoms with Gasteiger partial charge < -0.3 is 14.5 Å². The maximum atomic E-state index is 12.5. The minimum Gasteiger partial charge on any atom is -0.493 e. The SMILES string of the molecule is CC(C)C(=O)N1CCN(C(=O)Cc2ccc3c(c2)CCCO3)CC1. The van der Waals surface area contributed by atoms with E-state index >= 15 is 0 Å². The average molecular weight is 330 g/mol. The molecule has 2 aliphatic heterocycles. The van der Waals surface area contributed by atoms with Gasteiger partial charge in [-0.15, -0.1) is 0 Å². The molecule has 1 fully saturated rings. The second kappa shape index (κ2) is 7.24. The number of carbonyl (C=O) groups is 2. The predicted octanol–water partition coefficient (Wildman–Crippen LogP) is 1.88. The largest absolute Gasteiger partial charge is 0.493 e. The fourth-order valence-electron chi connectivity index (χ4n) is 3.35. The molecule has 0 radical (unpaired) electrons. The molecule has 1 aromatic rings. The van der Waals surface area contributed by atoms with E-state index in [0.29, 0.717) is 32.6 Å². The van der Waals surface area contributed by atoms with Crippen molar-refractivity contribution in [1.82, 2.24) is 9.80 Å². The van der Waals surface area contributed by atoms with E-state index in [1.165, 1.54) is 5.56 Å². The molecule has 0 bridgehead atoms. The highest BCUT2D eigenvalue weighted by molar-refractivity contribution is 5.80. The van der Waals surface area contributed by atoms with Crippen molar-refractivity contribution < 1.29 is 14.3 Å². The van der Waals surface area contributed by atoms with E-state index in [9.17, 15) is 9.59 Å². The molecule has 3 rings (SSSR count). The van der Waals surface area contributed by atoms with Crippen LogP contribution < -0.4 is 4.74 Å². The van der Waals surface area contributed by atoms with Crippen LogP contribution in [0.3, 0.4) is 0 Å². The Morgan fingerprint density at radius 3 is 2.54 bits per heavy atom. The van der Waals surface area contributed by atoms with Crippen LogP contribution in [-0.4, -0.2) is 54.4 Å². The van der Waals surface area contributed by atoms with E-state index in [1.807, 2.05) is 35.8 Å². The minimum absolute atomic E-state index is 0.0185. The van der Waals surface area contributed by atoms with E-state index in [1.54, 1.807) is 0 Å². The Hall–Kier alpha value is -2.04. The summed E-state index contributed by atoms with van der Waals surface area (Å²) in [6, 6.07) is 6.07. The van der Waals surface area contributed by atoms with Gasteiger partial charge >= 0.3 is 0 Å². The van der Waals surface area contributed by atoms with Crippen LogP contribution >= 0.6 is 0 Å². The zero-order valence-electron chi connectivity index (χ0n) is 14.6. The molecule has 0 aromatic heterocycles. The van der Waals surface area contributed by atoms with Gasteiger partial charge in [-0.05, 0) is 30.0 Å². The Morgan fingerprint density at radius 2 is 1.83 bits per heavy atom. The third-order valence-electron chi connectivity index (χ3n) is 4.77. The third-order valence-corrected chi connectivity index (χ3v) is 4.77. The second-order valence-corrected chi connectivity index (χ2v) is 6.93. The number of hydrogen-bond donors (Lipinski definition) is 0. The molecule has 5 nitrogen and oxygen atoms in total. The van der Waals surface area contributed by atoms with Gasteiger partial charge in [-0.25, -0.2) is 0 Å². The number of amides is 2. The number of hydrogen-bond acceptors (Lipinski definition) is 3. The Kier molecular flexibility index (Phi) is 5.07. The first-order valence-electron chi connectivity index (χ1n) is 8.86. The van der Waals surface area contributed by atoms with Crippen LogP contribution in [0.5, 0.6) is 5.75 Å². The number of piperazine rings is 1. The Balaban J connectivity index is 1.55. The highest BCUT2D eigenvalue weighted by Gasteiger charge is 2.25. The van der Waals surface area contributed by atoms with Crippen LogP contribution in [0.15, 0.2) is 18.2 Å². The van der Waals surface area contributed by atoms with Gasteiger partial charge in [-0.2, -0.15) is 0 Å². The molecule has 2 heterocycles. The molecule has 0 saturated carbocycles. The standard InChI is InChI=1S/C19H26N2O3/c1-14(2)19(23)21-9-7-20(8-10-21)18(22)13-15-5-6-17-16(12-15)4-3-11-24-17/h5-6,12,14H,3-4,7-11,13H2,1-2H3. The highest BCUT2D eigenvalue weighted by atomic mass is 16.5. The van der Waals surface area contributed by atoms with Crippen LogP contribution in [0.2, 0.25) is 0 Å². The fraction of sp³-hybridized carbons (Fsp3) is 0.579. The van der Waals surface area contributed by atoms with E-state index < -0.39 is 0 Å². The van der Waals surface area contributed by atoms with Crippen LogP contribution in [0.25, 0.3) is 0 Å². The number of nitrogens with zero attached hydrogens (tertiary/aromatic N) is 2. The van der Waals surface area contributed by atoms with E-state index in [4.69, 9.17) is 4.74 Å². The molecule has 2 aliphatic rings. The normalized spacial score (nSPS) is 17.5. The fourth-order valence-corrected chi connectivity index (χ4v) is 3.35. The van der Waals surface area contributed by atoms with Crippen molar-refractivity contribution in [2.75, 3.05) is 32.8 Å². The maximum Gasteiger partial charge on any atom is 0.227 e. The lowest BCUT2D eigenvalue weighted by molar-refractivity contribution is -0.141. The zero-order chi connectivity index (χ0) is 17.1. The topological polar surface area (TPSA) is 49.9 Å². The number of ether oxygens (including phenoxy) is 1. The number of rotatable bonds is 3. The second-order valence-electron chi connectivity index (χ2n) is 6.93. The van der Waals surface area contributed by atoms with Crippen molar-refractivity contribution in [3.05, 3.63) is 29.3 Å². The van der Waals surface area contributed by atoms with Gasteiger partial charge in [-0.1, -0.05) is 26.0 Å². The van der Waals surface area contributed by atoms with Crippen molar-refractivity contribution in [1.29, 1.82) is 0 Å². The molecular weight excluding hydrogens is 304 g/mol. The number of carbonyl (C=O) groups excluding carboxylic acids is 2. The van der Waals surface area contributed by atoms with Crippen molar-refractivity contribution >= 4 is 11.8 Å². The summed E-state index contributed by atoms with van der Waals surface area (Å²) in [6.45, 7) is 7.15. The number of aryl methyl sites for hydroxylation is 1. The number of fused-ring (bicyclic) bond motifs is 1. The average Bonchev–Trinajstić information content (AvgIpc) is 2.61. The first-order valence-corrected chi connectivity index (χ1v) is 8.86. The van der Waals surface area contributed by atoms with Gasteiger partial charge in [0.05, 0.1) is 13.0 Å². The van der Waals surface area contributed by atoms with Crippen molar-refractivity contribution in [2.24, 2.45) is 5.92 Å². The minimum atomic E-state index is 0.0185. The lowest BCUT2D eigenvalue weighted by Gasteiger charge is -2.35. The smallest absolute Gasteiger partial charge is 0.227 e. The summed E-state index contributed by atoms with van der Waals surface area (Å²) >= 11 is 0. The van der Waals surface area contributed by atoms with Crippen molar-refractivity contribution in [2.45, 2.75) is 33.1 Å². The van der Waals surface area contributed by atoms with Gasteiger partial charge in [0.25, 0.3) is 0 Å². The van der Waals surface area contributed by atoms with E-state index in [0.717, 1.165) is 30.8 Å². The van der Waals surface area contributed by atoms with Gasteiger partial charge in [0.2, 0.25) is 11.8 Å². The molecule has 1 aromatic carbocycles. The first kappa shape index (κ1) is 16.8. The quantitative estimate of drug-likeness (QED) is 0.850. The summed E-state index contributed by atoms with van der Waals surface area (Å²) in [4.78, 5) is 28.3. The molecule has 130 valence electrons. The predicted molar refractivity (Wildman–Crippen MR) is 92.0 cm³/mol. The van der Waals surface area contributed by atoms with E-state index in [2.05, 4.69) is 6.07 Å². The van der Waals surface area contributed by atoms with Gasteiger partial charge in [0.15, 0.2) is 0 Å². The van der Waals surface area contributed by atoms with Crippen LogP contribution in [-0.2, 0) is 22.4 Å². The van der Waals surface area contributed by atoms with Crippen LogP contribution in [0.4, 0.5) is 0 Å². The molecule has 1 saturated heterocycles. The zero-order valence-corrected chi connectivity index (χ0v) is 14.6. The molecule has 0 atom stereocenters. The molecule has 0 aliphatic carbocycles. The van der Waals surface area contributed by atoms with E-state index in [-0.39, 0.29) is 17.7 Å². The van der Waals surface area contributed by atoms with Crippen LogP contribution in [0, 0.1) is 5.92 Å². The lowest BCUT2D eigenvalue weighted by atomic mass is 10.0. The molecule has 0 N–H and O–H groups in total. The molecule has 2 amide bonds. The summed E-state index contributed by atoms with van der Waals surface area (Å²) in [5.41, 5.74) is 2.25. The molecule has 24 heavy (non-hydrogen) atoms. The first-order chi connectivity index (χ1) is 11.5. The lowest BCUT2D eigenvalue weighted by Crippen LogP contribution is -2.51. The van der Waals surface area contributed by atoms with Crippen molar-refractivity contribution in [3.8, 4) is 5.75 Å². The molecule has 0 spiro atoms. The highest BCUT2D eigenvalue weighted by Crippen LogP contribution is 2.26. The van der Waals surface area contributed by atoms with Gasteiger partial charge in [-0.3, -0.25) is 9.59 Å². The summed E-state index contributed by atoms with van der Waals surface area (Å²) in [7, 11) is 0. The summed E-state index contributed by atoms with van der Waals surface area (Å²) in [6.07, 6.45) is 2.48. The number of benzene rings is 1. The van der Waals surface area contributed by atoms with Crippen molar-refractivity contribution in [3.63, 3.8) is 0 Å². The maximum absolute atomic E-state index is 12.5.